The number of hydrogen-bond donors (Lipinski definition) is 1. The fourth-order valence-corrected chi connectivity index (χ4v) is 5.40. The first-order chi connectivity index (χ1) is 16.6. The molecule has 1 aromatic carbocycles. The van der Waals surface area contributed by atoms with Crippen molar-refractivity contribution < 1.29 is 9.72 Å². The van der Waals surface area contributed by atoms with Gasteiger partial charge in [0.25, 0.3) is 5.91 Å². The second-order valence-electron chi connectivity index (χ2n) is 7.06. The van der Waals surface area contributed by atoms with Crippen molar-refractivity contribution in [2.24, 2.45) is 0 Å². The molecular formula is C21H11N7O3S3. The SMILES string of the molecule is O=C(Nc1nc(-c2ccc3scnc3c2)nc2c1cnn2-c1ccsc1)c1ccc([N+](=O)[O-])s1. The Kier molecular flexibility index (Phi) is 4.86. The third kappa shape index (κ3) is 3.51. The number of nitrogens with one attached hydrogen (secondary N) is 1. The molecule has 5 heterocycles. The van der Waals surface area contributed by atoms with Crippen molar-refractivity contribution in [2.45, 2.75) is 0 Å². The first-order valence-electron chi connectivity index (χ1n) is 9.74. The minimum Gasteiger partial charge on any atom is -0.305 e. The molecule has 1 amide bonds. The molecule has 0 aliphatic heterocycles. The monoisotopic (exact) mass is 505 g/mol. The summed E-state index contributed by atoms with van der Waals surface area (Å²) in [5.74, 6) is 0.162. The summed E-state index contributed by atoms with van der Waals surface area (Å²) < 4.78 is 2.73. The fraction of sp³-hybridized carbons (Fsp3) is 0. The maximum absolute atomic E-state index is 12.9. The summed E-state index contributed by atoms with van der Waals surface area (Å²) in [6.07, 6.45) is 1.59. The lowest BCUT2D eigenvalue weighted by Crippen LogP contribution is -2.12. The van der Waals surface area contributed by atoms with Crippen molar-refractivity contribution in [1.29, 1.82) is 0 Å². The van der Waals surface area contributed by atoms with Crippen LogP contribution in [-0.4, -0.2) is 35.6 Å². The highest BCUT2D eigenvalue weighted by atomic mass is 32.1. The standard InChI is InChI=1S/C21H11N7O3S3/c29-21(16-3-4-17(34-16)28(30)31)26-19-13-8-23-27(12-5-6-32-9-12)20(13)25-18(24-19)11-1-2-15-14(7-11)22-10-33-15/h1-10H,(H,24,25,26,29). The van der Waals surface area contributed by atoms with E-state index in [-0.39, 0.29) is 15.7 Å². The molecule has 10 nitrogen and oxygen atoms in total. The normalized spacial score (nSPS) is 11.3. The van der Waals surface area contributed by atoms with E-state index in [1.165, 1.54) is 23.5 Å². The van der Waals surface area contributed by atoms with Gasteiger partial charge in [-0.25, -0.2) is 19.6 Å². The summed E-state index contributed by atoms with van der Waals surface area (Å²) in [5, 5.41) is 22.6. The molecule has 5 aromatic heterocycles. The number of thiophene rings is 2. The van der Waals surface area contributed by atoms with Crippen LogP contribution >= 0.6 is 34.0 Å². The van der Waals surface area contributed by atoms with Gasteiger partial charge in [-0.15, -0.1) is 11.3 Å². The van der Waals surface area contributed by atoms with Crippen LogP contribution in [0.25, 0.3) is 38.3 Å². The number of amides is 1. The van der Waals surface area contributed by atoms with Crippen LogP contribution in [0.15, 0.2) is 58.9 Å². The molecule has 6 aromatic rings. The number of nitro groups is 1. The Labute approximate surface area is 202 Å². The zero-order valence-electron chi connectivity index (χ0n) is 16.9. The smallest absolute Gasteiger partial charge is 0.305 e. The number of rotatable bonds is 5. The molecule has 166 valence electrons. The zero-order valence-corrected chi connectivity index (χ0v) is 19.4. The largest absolute Gasteiger partial charge is 0.324 e. The number of aromatic nitrogens is 5. The van der Waals surface area contributed by atoms with Crippen molar-refractivity contribution in [1.82, 2.24) is 24.7 Å². The lowest BCUT2D eigenvalue weighted by Gasteiger charge is -2.08. The van der Waals surface area contributed by atoms with Crippen molar-refractivity contribution in [3.63, 3.8) is 0 Å². The Bertz CT molecular complexity index is 1700. The van der Waals surface area contributed by atoms with Crippen LogP contribution in [0, 0.1) is 10.1 Å². The van der Waals surface area contributed by atoms with Gasteiger partial charge in [-0.05, 0) is 35.7 Å². The summed E-state index contributed by atoms with van der Waals surface area (Å²) in [6, 6.07) is 10.4. The van der Waals surface area contributed by atoms with E-state index in [0.717, 1.165) is 32.8 Å². The van der Waals surface area contributed by atoms with E-state index < -0.39 is 10.8 Å². The van der Waals surface area contributed by atoms with Crippen LogP contribution in [0.1, 0.15) is 9.67 Å². The molecular weight excluding hydrogens is 494 g/mol. The molecule has 0 bridgehead atoms. The number of anilines is 1. The molecule has 0 spiro atoms. The van der Waals surface area contributed by atoms with Crippen LogP contribution in [0.3, 0.4) is 0 Å². The van der Waals surface area contributed by atoms with Gasteiger partial charge in [0.2, 0.25) is 0 Å². The fourth-order valence-electron chi connectivity index (χ4n) is 3.41. The van der Waals surface area contributed by atoms with Crippen molar-refractivity contribution in [2.75, 3.05) is 5.32 Å². The van der Waals surface area contributed by atoms with Gasteiger partial charge in [0.1, 0.15) is 5.82 Å². The first-order valence-corrected chi connectivity index (χ1v) is 12.4. The van der Waals surface area contributed by atoms with E-state index in [2.05, 4.69) is 20.4 Å². The van der Waals surface area contributed by atoms with Gasteiger partial charge in [0, 0.05) is 17.0 Å². The van der Waals surface area contributed by atoms with E-state index in [9.17, 15) is 14.9 Å². The van der Waals surface area contributed by atoms with Crippen molar-refractivity contribution >= 4 is 72.0 Å². The van der Waals surface area contributed by atoms with Gasteiger partial charge in [-0.3, -0.25) is 14.9 Å². The van der Waals surface area contributed by atoms with E-state index in [1.807, 2.05) is 35.0 Å². The summed E-state index contributed by atoms with van der Waals surface area (Å²) >= 11 is 3.87. The van der Waals surface area contributed by atoms with E-state index in [1.54, 1.807) is 27.7 Å². The molecule has 0 atom stereocenters. The van der Waals surface area contributed by atoms with Crippen molar-refractivity contribution in [3.8, 4) is 17.1 Å². The van der Waals surface area contributed by atoms with Gasteiger partial charge >= 0.3 is 5.00 Å². The third-order valence-corrected chi connectivity index (χ3v) is 7.51. The maximum Gasteiger partial charge on any atom is 0.324 e. The Morgan fingerprint density at radius 2 is 2.06 bits per heavy atom. The van der Waals surface area contributed by atoms with Crippen LogP contribution in [-0.2, 0) is 0 Å². The lowest BCUT2D eigenvalue weighted by atomic mass is 10.2. The molecule has 0 saturated carbocycles. The molecule has 0 fully saturated rings. The van der Waals surface area contributed by atoms with E-state index in [4.69, 9.17) is 4.98 Å². The molecule has 34 heavy (non-hydrogen) atoms. The van der Waals surface area contributed by atoms with Crippen LogP contribution < -0.4 is 5.32 Å². The number of thiazole rings is 1. The average Bonchev–Trinajstić information content (AvgIpc) is 3.64. The summed E-state index contributed by atoms with van der Waals surface area (Å²) in [4.78, 5) is 37.3. The van der Waals surface area contributed by atoms with Crippen LogP contribution in [0.4, 0.5) is 10.8 Å². The molecule has 0 aliphatic rings. The first kappa shape index (κ1) is 20.5. The Hall–Kier alpha value is -4.07. The summed E-state index contributed by atoms with van der Waals surface area (Å²) in [6.45, 7) is 0. The number of fused-ring (bicyclic) bond motifs is 2. The molecule has 0 radical (unpaired) electrons. The highest BCUT2D eigenvalue weighted by Gasteiger charge is 2.20. The second kappa shape index (κ2) is 8.06. The number of nitrogens with zero attached hydrogens (tertiary/aromatic N) is 6. The highest BCUT2D eigenvalue weighted by molar-refractivity contribution is 7.17. The van der Waals surface area contributed by atoms with Gasteiger partial charge < -0.3 is 5.32 Å². The molecule has 6 rings (SSSR count). The minimum atomic E-state index is -0.526. The van der Waals surface area contributed by atoms with Gasteiger partial charge in [0.15, 0.2) is 11.5 Å². The quantitative estimate of drug-likeness (QED) is 0.246. The number of hydrogen-bond acceptors (Lipinski definition) is 10. The Morgan fingerprint density at radius 3 is 2.85 bits per heavy atom. The molecule has 1 N–H and O–H groups in total. The predicted octanol–water partition coefficient (Wildman–Crippen LogP) is 5.38. The zero-order chi connectivity index (χ0) is 23.2. The van der Waals surface area contributed by atoms with Gasteiger partial charge in [-0.2, -0.15) is 16.4 Å². The number of carbonyl (C=O) groups is 1. The summed E-state index contributed by atoms with van der Waals surface area (Å²) in [5.41, 5.74) is 4.70. The summed E-state index contributed by atoms with van der Waals surface area (Å²) in [7, 11) is 0. The predicted molar refractivity (Wildman–Crippen MR) is 132 cm³/mol. The lowest BCUT2D eigenvalue weighted by molar-refractivity contribution is -0.380. The molecule has 0 aliphatic carbocycles. The molecule has 0 saturated heterocycles. The maximum atomic E-state index is 12.9. The second-order valence-corrected chi connectivity index (χ2v) is 9.78. The van der Waals surface area contributed by atoms with E-state index in [0.29, 0.717) is 16.9 Å². The molecule has 13 heteroatoms. The minimum absolute atomic E-state index is 0.111. The number of benzene rings is 1. The molecule has 0 unspecified atom stereocenters. The van der Waals surface area contributed by atoms with Crippen LogP contribution in [0.2, 0.25) is 0 Å². The average molecular weight is 506 g/mol. The van der Waals surface area contributed by atoms with Gasteiger partial charge in [0.05, 0.1) is 42.8 Å². The topological polar surface area (TPSA) is 129 Å². The van der Waals surface area contributed by atoms with Crippen LogP contribution in [0.5, 0.6) is 0 Å². The third-order valence-electron chi connectivity index (χ3n) is 5.00. The van der Waals surface area contributed by atoms with Gasteiger partial charge in [-0.1, -0.05) is 11.3 Å². The highest BCUT2D eigenvalue weighted by Crippen LogP contribution is 2.30. The van der Waals surface area contributed by atoms with E-state index >= 15 is 0 Å². The Balaban J connectivity index is 1.49. The van der Waals surface area contributed by atoms with Crippen molar-refractivity contribution in [3.05, 3.63) is 73.9 Å². The number of carbonyl (C=O) groups excluding carboxylic acids is 1. The Morgan fingerprint density at radius 1 is 1.15 bits per heavy atom.